The Bertz CT molecular complexity index is 179. The molecule has 0 amide bonds. The molecule has 102 valence electrons. The van der Waals surface area contributed by atoms with Crippen molar-refractivity contribution in [3.05, 3.63) is 0 Å². The minimum Gasteiger partial charge on any atom is -0.396 e. The summed E-state index contributed by atoms with van der Waals surface area (Å²) in [5.41, 5.74) is 0.660. The molecule has 0 radical (unpaired) electrons. The molecule has 1 N–H and O–H groups in total. The fourth-order valence-electron chi connectivity index (χ4n) is 3.01. The molecule has 1 saturated heterocycles. The Labute approximate surface area is 107 Å². The lowest BCUT2D eigenvalue weighted by molar-refractivity contribution is 0.0941. The van der Waals surface area contributed by atoms with Gasteiger partial charge in [0.15, 0.2) is 0 Å². The number of unbranched alkanes of at least 4 members (excludes halogenated alkanes) is 3. The van der Waals surface area contributed by atoms with Gasteiger partial charge in [-0.1, -0.05) is 39.5 Å². The van der Waals surface area contributed by atoms with Crippen LogP contribution in [0.25, 0.3) is 0 Å². The summed E-state index contributed by atoms with van der Waals surface area (Å²) < 4.78 is 0. The van der Waals surface area contributed by atoms with E-state index >= 15 is 0 Å². The van der Waals surface area contributed by atoms with Gasteiger partial charge < -0.3 is 10.0 Å². The van der Waals surface area contributed by atoms with Crippen molar-refractivity contribution in [3.63, 3.8) is 0 Å². The lowest BCUT2D eigenvalue weighted by atomic mass is 9.74. The molecular formula is C15H31NO. The van der Waals surface area contributed by atoms with Crippen molar-refractivity contribution < 1.29 is 5.11 Å². The highest BCUT2D eigenvalue weighted by molar-refractivity contribution is 4.83. The molecule has 1 heterocycles. The Morgan fingerprint density at radius 3 is 2.06 bits per heavy atom. The monoisotopic (exact) mass is 241 g/mol. The summed E-state index contributed by atoms with van der Waals surface area (Å²) in [6.07, 6.45) is 10.3. The summed E-state index contributed by atoms with van der Waals surface area (Å²) in [5.74, 6) is 0. The molecule has 0 spiro atoms. The Kier molecular flexibility index (Phi) is 7.14. The third-order valence-corrected chi connectivity index (χ3v) is 4.80. The number of rotatable bonds is 8. The van der Waals surface area contributed by atoms with Crippen molar-refractivity contribution in [2.45, 2.75) is 65.2 Å². The van der Waals surface area contributed by atoms with Crippen LogP contribution in [-0.2, 0) is 0 Å². The molecule has 17 heavy (non-hydrogen) atoms. The molecule has 2 nitrogen and oxygen atoms in total. The van der Waals surface area contributed by atoms with Crippen molar-refractivity contribution in [2.24, 2.45) is 5.41 Å². The Morgan fingerprint density at radius 2 is 1.53 bits per heavy atom. The number of nitrogens with zero attached hydrogens (tertiary/aromatic N) is 1. The van der Waals surface area contributed by atoms with Gasteiger partial charge in [0, 0.05) is 6.61 Å². The molecule has 0 aliphatic carbocycles. The van der Waals surface area contributed by atoms with Crippen LogP contribution in [0.2, 0.25) is 0 Å². The summed E-state index contributed by atoms with van der Waals surface area (Å²) in [5, 5.41) is 8.72. The van der Waals surface area contributed by atoms with E-state index < -0.39 is 0 Å². The first-order valence-electron chi connectivity index (χ1n) is 7.59. The molecule has 2 heteroatoms. The summed E-state index contributed by atoms with van der Waals surface area (Å²) in [6.45, 7) is 8.96. The number of aliphatic hydroxyl groups is 1. The van der Waals surface area contributed by atoms with E-state index in [1.54, 1.807) is 0 Å². The number of aliphatic hydroxyl groups excluding tert-OH is 1. The third-order valence-electron chi connectivity index (χ3n) is 4.80. The predicted octanol–water partition coefficient (Wildman–Crippen LogP) is 3.44. The highest BCUT2D eigenvalue weighted by Crippen LogP contribution is 2.37. The van der Waals surface area contributed by atoms with E-state index in [-0.39, 0.29) is 0 Å². The van der Waals surface area contributed by atoms with Crippen LogP contribution in [0.4, 0.5) is 0 Å². The van der Waals surface area contributed by atoms with Crippen LogP contribution in [0.5, 0.6) is 0 Å². The molecule has 0 aromatic carbocycles. The molecule has 0 aromatic rings. The van der Waals surface area contributed by atoms with E-state index in [1.165, 1.54) is 64.6 Å². The van der Waals surface area contributed by atoms with Crippen molar-refractivity contribution >= 4 is 0 Å². The maximum absolute atomic E-state index is 8.72. The minimum absolute atomic E-state index is 0.360. The first kappa shape index (κ1) is 15.0. The second-order valence-electron chi connectivity index (χ2n) is 5.69. The standard InChI is InChI=1S/C15H31NO/c1-3-15(4-2)9-12-16(13-10-15)11-7-5-6-8-14-17/h17H,3-14H2,1-2H3. The van der Waals surface area contributed by atoms with Gasteiger partial charge in [0.25, 0.3) is 0 Å². The third kappa shape index (κ3) is 4.97. The van der Waals surface area contributed by atoms with Crippen molar-refractivity contribution in [1.82, 2.24) is 4.90 Å². The molecular weight excluding hydrogens is 210 g/mol. The largest absolute Gasteiger partial charge is 0.396 e. The fourth-order valence-corrected chi connectivity index (χ4v) is 3.01. The average Bonchev–Trinajstić information content (AvgIpc) is 2.39. The molecule has 0 bridgehead atoms. The van der Waals surface area contributed by atoms with E-state index in [2.05, 4.69) is 18.7 Å². The number of hydrogen-bond donors (Lipinski definition) is 1. The van der Waals surface area contributed by atoms with Gasteiger partial charge in [-0.05, 0) is 50.7 Å². The lowest BCUT2D eigenvalue weighted by Crippen LogP contribution is -2.39. The van der Waals surface area contributed by atoms with E-state index in [9.17, 15) is 0 Å². The number of piperidine rings is 1. The normalized spacial score (nSPS) is 20.6. The van der Waals surface area contributed by atoms with E-state index in [0.29, 0.717) is 12.0 Å². The van der Waals surface area contributed by atoms with Gasteiger partial charge in [0.1, 0.15) is 0 Å². The molecule has 1 aliphatic heterocycles. The minimum atomic E-state index is 0.360. The zero-order chi connectivity index (χ0) is 12.6. The van der Waals surface area contributed by atoms with Crippen molar-refractivity contribution in [1.29, 1.82) is 0 Å². The summed E-state index contributed by atoms with van der Waals surface area (Å²) in [4.78, 5) is 2.64. The molecule has 0 aromatic heterocycles. The summed E-state index contributed by atoms with van der Waals surface area (Å²) in [7, 11) is 0. The van der Waals surface area contributed by atoms with Crippen molar-refractivity contribution in [2.75, 3.05) is 26.2 Å². The van der Waals surface area contributed by atoms with Gasteiger partial charge in [-0.25, -0.2) is 0 Å². The van der Waals surface area contributed by atoms with Gasteiger partial charge >= 0.3 is 0 Å². The number of likely N-dealkylation sites (tertiary alicyclic amines) is 1. The maximum atomic E-state index is 8.72. The lowest BCUT2D eigenvalue weighted by Gasteiger charge is -2.41. The van der Waals surface area contributed by atoms with Crippen LogP contribution >= 0.6 is 0 Å². The van der Waals surface area contributed by atoms with Gasteiger partial charge in [-0.3, -0.25) is 0 Å². The Hall–Kier alpha value is -0.0800. The van der Waals surface area contributed by atoms with Crippen LogP contribution in [0, 0.1) is 5.41 Å². The fraction of sp³-hybridized carbons (Fsp3) is 1.00. The molecule has 1 fully saturated rings. The second-order valence-corrected chi connectivity index (χ2v) is 5.69. The Balaban J connectivity index is 2.10. The zero-order valence-corrected chi connectivity index (χ0v) is 11.9. The van der Waals surface area contributed by atoms with Crippen LogP contribution in [0.15, 0.2) is 0 Å². The topological polar surface area (TPSA) is 23.5 Å². The predicted molar refractivity (Wildman–Crippen MR) is 74.2 cm³/mol. The van der Waals surface area contributed by atoms with Gasteiger partial charge in [-0.2, -0.15) is 0 Å². The highest BCUT2D eigenvalue weighted by Gasteiger charge is 2.30. The van der Waals surface area contributed by atoms with Crippen LogP contribution < -0.4 is 0 Å². The second kappa shape index (κ2) is 8.10. The van der Waals surface area contributed by atoms with Gasteiger partial charge in [-0.15, -0.1) is 0 Å². The molecule has 0 saturated carbocycles. The first-order valence-corrected chi connectivity index (χ1v) is 7.59. The summed E-state index contributed by atoms with van der Waals surface area (Å²) in [6, 6.07) is 0. The van der Waals surface area contributed by atoms with Crippen LogP contribution in [-0.4, -0.2) is 36.2 Å². The van der Waals surface area contributed by atoms with Gasteiger partial charge in [0.2, 0.25) is 0 Å². The molecule has 1 rings (SSSR count). The first-order chi connectivity index (χ1) is 8.26. The van der Waals surface area contributed by atoms with Crippen LogP contribution in [0.3, 0.4) is 0 Å². The Morgan fingerprint density at radius 1 is 0.941 bits per heavy atom. The summed E-state index contributed by atoms with van der Waals surface area (Å²) >= 11 is 0. The van der Waals surface area contributed by atoms with Crippen LogP contribution in [0.1, 0.15) is 65.2 Å². The highest BCUT2D eigenvalue weighted by atomic mass is 16.2. The van der Waals surface area contributed by atoms with E-state index in [0.717, 1.165) is 6.42 Å². The maximum Gasteiger partial charge on any atom is 0.0431 e. The SMILES string of the molecule is CCC1(CC)CCN(CCCCCCO)CC1. The molecule has 0 unspecified atom stereocenters. The van der Waals surface area contributed by atoms with E-state index in [1.807, 2.05) is 0 Å². The van der Waals surface area contributed by atoms with Gasteiger partial charge in [0.05, 0.1) is 0 Å². The quantitative estimate of drug-likeness (QED) is 0.658. The molecule has 0 atom stereocenters. The zero-order valence-electron chi connectivity index (χ0n) is 11.9. The van der Waals surface area contributed by atoms with Crippen molar-refractivity contribution in [3.8, 4) is 0 Å². The molecule has 1 aliphatic rings. The smallest absolute Gasteiger partial charge is 0.0431 e. The van der Waals surface area contributed by atoms with E-state index in [4.69, 9.17) is 5.11 Å². The average molecular weight is 241 g/mol. The number of hydrogen-bond acceptors (Lipinski definition) is 2.